The highest BCUT2D eigenvalue weighted by atomic mass is 16.5. The lowest BCUT2D eigenvalue weighted by Gasteiger charge is -2.35. The first-order valence-corrected chi connectivity index (χ1v) is 8.05. The van der Waals surface area contributed by atoms with Crippen molar-refractivity contribution in [2.24, 2.45) is 0 Å². The number of carbonyl (C=O) groups is 1. The van der Waals surface area contributed by atoms with Crippen LogP contribution in [0.1, 0.15) is 36.9 Å². The summed E-state index contributed by atoms with van der Waals surface area (Å²) in [5.74, 6) is 0.794. The maximum Gasteiger partial charge on any atom is 0.322 e. The smallest absolute Gasteiger partial charge is 0.322 e. The number of fused-ring (bicyclic) bond motifs is 1. The molecule has 1 heterocycles. The second-order valence-corrected chi connectivity index (χ2v) is 5.72. The molecule has 4 heteroatoms. The molecule has 0 aromatic heterocycles. The Bertz CT molecular complexity index is 699. The van der Waals surface area contributed by atoms with E-state index >= 15 is 0 Å². The maximum absolute atomic E-state index is 12.6. The summed E-state index contributed by atoms with van der Waals surface area (Å²) in [6.45, 7) is 2.87. The molecule has 2 aromatic carbocycles. The van der Waals surface area contributed by atoms with Crippen molar-refractivity contribution in [2.45, 2.75) is 25.8 Å². The van der Waals surface area contributed by atoms with Crippen molar-refractivity contribution in [3.8, 4) is 5.75 Å². The number of ether oxygens (including phenoxy) is 1. The van der Waals surface area contributed by atoms with E-state index in [1.807, 2.05) is 47.4 Å². The molecule has 4 nitrogen and oxygen atoms in total. The number of methoxy groups -OCH3 is 1. The average Bonchev–Trinajstić information content (AvgIpc) is 2.60. The summed E-state index contributed by atoms with van der Waals surface area (Å²) >= 11 is 0. The Balaban J connectivity index is 2.01. The summed E-state index contributed by atoms with van der Waals surface area (Å²) in [6, 6.07) is 15.8. The number of para-hydroxylation sites is 1. The van der Waals surface area contributed by atoms with E-state index in [0.29, 0.717) is 0 Å². The molecule has 0 bridgehead atoms. The van der Waals surface area contributed by atoms with Crippen molar-refractivity contribution in [1.82, 2.24) is 5.32 Å². The number of anilines is 1. The molecule has 1 unspecified atom stereocenters. The number of hydrogen-bond acceptors (Lipinski definition) is 2. The number of unbranched alkanes of at least 4 members (excludes halogenated alkanes) is 1. The molecule has 0 spiro atoms. The highest BCUT2D eigenvalue weighted by molar-refractivity contribution is 5.96. The van der Waals surface area contributed by atoms with Crippen molar-refractivity contribution in [2.75, 3.05) is 18.6 Å². The fourth-order valence-corrected chi connectivity index (χ4v) is 2.99. The highest BCUT2D eigenvalue weighted by Crippen LogP contribution is 2.35. The number of rotatable bonds is 5. The Hall–Kier alpha value is -2.49. The Labute approximate surface area is 137 Å². The summed E-state index contributed by atoms with van der Waals surface area (Å²) in [7, 11) is 1.65. The quantitative estimate of drug-likeness (QED) is 0.903. The van der Waals surface area contributed by atoms with Gasteiger partial charge < -0.3 is 10.1 Å². The van der Waals surface area contributed by atoms with Crippen LogP contribution < -0.4 is 15.0 Å². The number of nitrogens with one attached hydrogen (secondary N) is 1. The molecule has 0 saturated heterocycles. The van der Waals surface area contributed by atoms with Crippen LogP contribution in [0.4, 0.5) is 10.5 Å². The number of nitrogens with zero attached hydrogens (tertiary/aromatic N) is 1. The van der Waals surface area contributed by atoms with E-state index in [9.17, 15) is 4.79 Å². The lowest BCUT2D eigenvalue weighted by atomic mass is 9.94. The fraction of sp³-hybridized carbons (Fsp3) is 0.316. The normalized spacial score (nSPS) is 16.7. The van der Waals surface area contributed by atoms with Crippen LogP contribution in [0.3, 0.4) is 0 Å². The highest BCUT2D eigenvalue weighted by Gasteiger charge is 2.30. The predicted molar refractivity (Wildman–Crippen MR) is 92.1 cm³/mol. The van der Waals surface area contributed by atoms with Crippen molar-refractivity contribution in [3.63, 3.8) is 0 Å². The fourth-order valence-electron chi connectivity index (χ4n) is 2.99. The van der Waals surface area contributed by atoms with E-state index in [2.05, 4.69) is 18.3 Å². The van der Waals surface area contributed by atoms with Gasteiger partial charge in [-0.15, -0.1) is 0 Å². The van der Waals surface area contributed by atoms with Gasteiger partial charge in [-0.05, 0) is 30.2 Å². The molecule has 1 atom stereocenters. The van der Waals surface area contributed by atoms with Gasteiger partial charge in [-0.3, -0.25) is 4.90 Å². The number of carbonyl (C=O) groups excluding carboxylic acids is 1. The van der Waals surface area contributed by atoms with Gasteiger partial charge in [0.15, 0.2) is 0 Å². The lowest BCUT2D eigenvalue weighted by molar-refractivity contribution is 0.242. The third-order valence-corrected chi connectivity index (χ3v) is 4.21. The number of benzene rings is 2. The second kappa shape index (κ2) is 6.73. The molecule has 0 aliphatic carbocycles. The minimum atomic E-state index is -0.147. The summed E-state index contributed by atoms with van der Waals surface area (Å²) in [5, 5.41) is 3.13. The summed E-state index contributed by atoms with van der Waals surface area (Å²) in [5.41, 5.74) is 3.15. The monoisotopic (exact) mass is 310 g/mol. The van der Waals surface area contributed by atoms with Gasteiger partial charge in [-0.25, -0.2) is 4.79 Å². The van der Waals surface area contributed by atoms with Gasteiger partial charge in [0.05, 0.1) is 18.8 Å². The van der Waals surface area contributed by atoms with Crippen LogP contribution in [0.25, 0.3) is 0 Å². The molecule has 3 rings (SSSR count). The minimum absolute atomic E-state index is 0.0371. The lowest BCUT2D eigenvalue weighted by Crippen LogP contribution is -2.47. The summed E-state index contributed by atoms with van der Waals surface area (Å²) < 4.78 is 5.31. The zero-order chi connectivity index (χ0) is 16.2. The zero-order valence-corrected chi connectivity index (χ0v) is 13.6. The Morgan fingerprint density at radius 2 is 2.00 bits per heavy atom. The number of hydrogen-bond donors (Lipinski definition) is 1. The third kappa shape index (κ3) is 3.02. The van der Waals surface area contributed by atoms with E-state index in [-0.39, 0.29) is 12.1 Å². The van der Waals surface area contributed by atoms with Crippen LogP contribution in [0, 0.1) is 0 Å². The van der Waals surface area contributed by atoms with E-state index in [1.54, 1.807) is 7.11 Å². The van der Waals surface area contributed by atoms with Crippen molar-refractivity contribution >= 4 is 11.7 Å². The molecule has 0 saturated carbocycles. The molecule has 0 fully saturated rings. The van der Waals surface area contributed by atoms with Gasteiger partial charge in [-0.2, -0.15) is 0 Å². The van der Waals surface area contributed by atoms with E-state index < -0.39 is 0 Å². The molecule has 1 N–H and O–H groups in total. The number of urea groups is 1. The van der Waals surface area contributed by atoms with E-state index in [4.69, 9.17) is 4.74 Å². The van der Waals surface area contributed by atoms with Crippen molar-refractivity contribution < 1.29 is 9.53 Å². The molecule has 1 aliphatic rings. The van der Waals surface area contributed by atoms with Gasteiger partial charge in [-0.1, -0.05) is 43.7 Å². The average molecular weight is 310 g/mol. The molecule has 120 valence electrons. The maximum atomic E-state index is 12.6. The van der Waals surface area contributed by atoms with Gasteiger partial charge in [0.25, 0.3) is 0 Å². The first-order chi connectivity index (χ1) is 11.2. The van der Waals surface area contributed by atoms with Crippen LogP contribution in [-0.4, -0.2) is 19.7 Å². The molecule has 23 heavy (non-hydrogen) atoms. The topological polar surface area (TPSA) is 41.6 Å². The van der Waals surface area contributed by atoms with Gasteiger partial charge in [0.1, 0.15) is 5.75 Å². The SMILES string of the molecule is CCCCN1C(=O)NC(c2cccc(OC)c2)c2ccccc21. The van der Waals surface area contributed by atoms with Crippen LogP contribution in [0.15, 0.2) is 48.5 Å². The third-order valence-electron chi connectivity index (χ3n) is 4.21. The van der Waals surface area contributed by atoms with Crippen LogP contribution >= 0.6 is 0 Å². The molecule has 1 aliphatic heterocycles. The van der Waals surface area contributed by atoms with Gasteiger partial charge in [0.2, 0.25) is 0 Å². The van der Waals surface area contributed by atoms with Crippen molar-refractivity contribution in [1.29, 1.82) is 0 Å². The predicted octanol–water partition coefficient (Wildman–Crippen LogP) is 4.11. The molecule has 2 aromatic rings. The van der Waals surface area contributed by atoms with Crippen LogP contribution in [0.5, 0.6) is 5.75 Å². The van der Waals surface area contributed by atoms with Crippen molar-refractivity contribution in [3.05, 3.63) is 59.7 Å². The largest absolute Gasteiger partial charge is 0.497 e. The Kier molecular flexibility index (Phi) is 4.51. The molecular formula is C19H22N2O2. The van der Waals surface area contributed by atoms with Crippen LogP contribution in [-0.2, 0) is 0 Å². The van der Waals surface area contributed by atoms with Crippen LogP contribution in [0.2, 0.25) is 0 Å². The zero-order valence-electron chi connectivity index (χ0n) is 13.6. The molecular weight excluding hydrogens is 288 g/mol. The first kappa shape index (κ1) is 15.4. The minimum Gasteiger partial charge on any atom is -0.497 e. The molecule has 2 amide bonds. The van der Waals surface area contributed by atoms with Gasteiger partial charge in [0, 0.05) is 12.1 Å². The number of amides is 2. The van der Waals surface area contributed by atoms with Gasteiger partial charge >= 0.3 is 6.03 Å². The van der Waals surface area contributed by atoms with E-state index in [0.717, 1.165) is 42.0 Å². The Morgan fingerprint density at radius 1 is 1.17 bits per heavy atom. The summed E-state index contributed by atoms with van der Waals surface area (Å²) in [4.78, 5) is 14.4. The molecule has 0 radical (unpaired) electrons. The first-order valence-electron chi connectivity index (χ1n) is 8.05. The second-order valence-electron chi connectivity index (χ2n) is 5.72. The summed E-state index contributed by atoms with van der Waals surface area (Å²) in [6.07, 6.45) is 2.05. The van der Waals surface area contributed by atoms with E-state index in [1.165, 1.54) is 0 Å². The standard InChI is InChI=1S/C19H22N2O2/c1-3-4-12-21-17-11-6-5-10-16(17)18(20-19(21)22)14-8-7-9-15(13-14)23-2/h5-11,13,18H,3-4,12H2,1-2H3,(H,20,22). The Morgan fingerprint density at radius 3 is 2.78 bits per heavy atom.